The molecule has 0 aromatic heterocycles. The summed E-state index contributed by atoms with van der Waals surface area (Å²) in [6, 6.07) is 4.79. The summed E-state index contributed by atoms with van der Waals surface area (Å²) in [6.45, 7) is 5.59. The highest BCUT2D eigenvalue weighted by atomic mass is 16.5. The molecule has 0 bridgehead atoms. The highest BCUT2D eigenvalue weighted by Gasteiger charge is 2.28. The maximum Gasteiger partial charge on any atom is 0.164 e. The van der Waals surface area contributed by atoms with Crippen LogP contribution in [0.3, 0.4) is 0 Å². The van der Waals surface area contributed by atoms with Gasteiger partial charge in [-0.3, -0.25) is 0 Å². The van der Waals surface area contributed by atoms with Crippen LogP contribution in [0.25, 0.3) is 0 Å². The van der Waals surface area contributed by atoms with E-state index in [1.54, 1.807) is 14.2 Å². The van der Waals surface area contributed by atoms with E-state index >= 15 is 0 Å². The molecule has 3 nitrogen and oxygen atoms in total. The van der Waals surface area contributed by atoms with Crippen LogP contribution in [0, 0.1) is 0 Å². The number of nitrogens with one attached hydrogen (secondary N) is 1. The number of methoxy groups -OCH3 is 2. The molecule has 0 heterocycles. The Hall–Kier alpha value is -1.22. The number of ether oxygens (including phenoxy) is 2. The largest absolute Gasteiger partial charge is 0.493 e. The normalized spacial score (nSPS) is 21.9. The third kappa shape index (κ3) is 2.86. The van der Waals surface area contributed by atoms with Crippen molar-refractivity contribution in [2.75, 3.05) is 20.8 Å². The van der Waals surface area contributed by atoms with Gasteiger partial charge in [0.25, 0.3) is 0 Å². The van der Waals surface area contributed by atoms with E-state index in [0.717, 1.165) is 30.9 Å². The molecule has 0 amide bonds. The van der Waals surface area contributed by atoms with Crippen LogP contribution in [0.4, 0.5) is 0 Å². The van der Waals surface area contributed by atoms with E-state index in [1.807, 2.05) is 6.07 Å². The minimum absolute atomic E-state index is 0.503. The Morgan fingerprint density at radius 1 is 1.26 bits per heavy atom. The Morgan fingerprint density at radius 2 is 2.05 bits per heavy atom. The van der Waals surface area contributed by atoms with E-state index in [2.05, 4.69) is 25.2 Å². The first kappa shape index (κ1) is 14.2. The lowest BCUT2D eigenvalue weighted by molar-refractivity contribution is 0.340. The van der Waals surface area contributed by atoms with Crippen molar-refractivity contribution in [1.29, 1.82) is 0 Å². The summed E-state index contributed by atoms with van der Waals surface area (Å²) in [5, 5.41) is 3.64. The molecule has 0 radical (unpaired) electrons. The van der Waals surface area contributed by atoms with Gasteiger partial charge in [-0.15, -0.1) is 0 Å². The Kier molecular flexibility index (Phi) is 4.70. The van der Waals surface area contributed by atoms with Crippen LogP contribution < -0.4 is 14.8 Å². The molecule has 0 spiro atoms. The van der Waals surface area contributed by atoms with Gasteiger partial charge in [-0.25, -0.2) is 0 Å². The second-order valence-electron chi connectivity index (χ2n) is 5.37. The molecule has 1 aromatic rings. The van der Waals surface area contributed by atoms with Crippen molar-refractivity contribution in [1.82, 2.24) is 5.32 Å². The van der Waals surface area contributed by atoms with Crippen LogP contribution in [0.15, 0.2) is 12.1 Å². The van der Waals surface area contributed by atoms with E-state index in [9.17, 15) is 0 Å². The Balaban J connectivity index is 2.29. The van der Waals surface area contributed by atoms with Crippen LogP contribution in [-0.2, 0) is 6.42 Å². The first-order valence-corrected chi connectivity index (χ1v) is 7.18. The molecule has 0 fully saturated rings. The molecule has 1 aromatic carbocycles. The van der Waals surface area contributed by atoms with Crippen molar-refractivity contribution < 1.29 is 9.47 Å². The topological polar surface area (TPSA) is 30.5 Å². The molecule has 0 saturated carbocycles. The zero-order valence-corrected chi connectivity index (χ0v) is 12.5. The Morgan fingerprint density at radius 3 is 2.68 bits per heavy atom. The lowest BCUT2D eigenvalue weighted by Crippen LogP contribution is -2.36. The molecule has 2 unspecified atom stereocenters. The molecule has 0 aliphatic heterocycles. The smallest absolute Gasteiger partial charge is 0.164 e. The lowest BCUT2D eigenvalue weighted by atomic mass is 9.80. The predicted octanol–water partition coefficient (Wildman–Crippen LogP) is 3.12. The second-order valence-corrected chi connectivity index (χ2v) is 5.37. The average Bonchev–Trinajstić information content (AvgIpc) is 2.43. The highest BCUT2D eigenvalue weighted by molar-refractivity contribution is 5.53. The quantitative estimate of drug-likeness (QED) is 0.885. The maximum atomic E-state index is 5.58. The summed E-state index contributed by atoms with van der Waals surface area (Å²) in [5.41, 5.74) is 2.72. The predicted molar refractivity (Wildman–Crippen MR) is 78.4 cm³/mol. The van der Waals surface area contributed by atoms with Gasteiger partial charge >= 0.3 is 0 Å². The fraction of sp³-hybridized carbons (Fsp3) is 0.625. The fourth-order valence-corrected chi connectivity index (χ4v) is 3.11. The molecular formula is C16H25NO2. The number of hydrogen-bond donors (Lipinski definition) is 1. The van der Waals surface area contributed by atoms with E-state index < -0.39 is 0 Å². The molecular weight excluding hydrogens is 238 g/mol. The standard InChI is InChI=1S/C16H25NO2/c1-5-8-17-13-9-11(2)15-12(10-13)6-7-14(18-3)16(15)19-4/h6-7,11,13,17H,5,8-10H2,1-4H3. The van der Waals surface area contributed by atoms with Crippen molar-refractivity contribution in [3.05, 3.63) is 23.3 Å². The summed E-state index contributed by atoms with van der Waals surface area (Å²) in [6.07, 6.45) is 3.43. The van der Waals surface area contributed by atoms with Crippen molar-refractivity contribution in [3.63, 3.8) is 0 Å². The fourth-order valence-electron chi connectivity index (χ4n) is 3.11. The molecule has 0 saturated heterocycles. The summed E-state index contributed by atoms with van der Waals surface area (Å²) < 4.78 is 11.0. The second kappa shape index (κ2) is 6.29. The van der Waals surface area contributed by atoms with Crippen molar-refractivity contribution in [2.24, 2.45) is 0 Å². The van der Waals surface area contributed by atoms with Gasteiger partial charge < -0.3 is 14.8 Å². The van der Waals surface area contributed by atoms with Gasteiger partial charge in [0, 0.05) is 11.6 Å². The minimum Gasteiger partial charge on any atom is -0.493 e. The van der Waals surface area contributed by atoms with Crippen LogP contribution in [-0.4, -0.2) is 26.8 Å². The zero-order chi connectivity index (χ0) is 13.8. The van der Waals surface area contributed by atoms with Crippen LogP contribution in [0.5, 0.6) is 11.5 Å². The first-order valence-electron chi connectivity index (χ1n) is 7.18. The number of benzene rings is 1. The number of fused-ring (bicyclic) bond motifs is 1. The molecule has 1 aliphatic rings. The summed E-state index contributed by atoms with van der Waals surface area (Å²) >= 11 is 0. The highest BCUT2D eigenvalue weighted by Crippen LogP contribution is 2.42. The van der Waals surface area contributed by atoms with Gasteiger partial charge in [0.05, 0.1) is 14.2 Å². The van der Waals surface area contributed by atoms with Crippen LogP contribution in [0.1, 0.15) is 43.7 Å². The molecule has 3 heteroatoms. The Labute approximate surface area is 116 Å². The Bertz CT molecular complexity index is 431. The SMILES string of the molecule is CCCNC1Cc2ccc(OC)c(OC)c2C(C)C1. The third-order valence-corrected chi connectivity index (χ3v) is 3.95. The van der Waals surface area contributed by atoms with Crippen LogP contribution >= 0.6 is 0 Å². The molecule has 1 N–H and O–H groups in total. The lowest BCUT2D eigenvalue weighted by Gasteiger charge is -2.32. The molecule has 106 valence electrons. The van der Waals surface area contributed by atoms with Gasteiger partial charge in [-0.05, 0) is 43.4 Å². The van der Waals surface area contributed by atoms with Gasteiger partial charge in [0.15, 0.2) is 11.5 Å². The number of hydrogen-bond acceptors (Lipinski definition) is 3. The molecule has 19 heavy (non-hydrogen) atoms. The molecule has 2 rings (SSSR count). The van der Waals surface area contributed by atoms with E-state index in [4.69, 9.17) is 9.47 Å². The zero-order valence-electron chi connectivity index (χ0n) is 12.5. The number of rotatable bonds is 5. The monoisotopic (exact) mass is 263 g/mol. The van der Waals surface area contributed by atoms with E-state index in [-0.39, 0.29) is 0 Å². The van der Waals surface area contributed by atoms with E-state index in [0.29, 0.717) is 12.0 Å². The van der Waals surface area contributed by atoms with E-state index in [1.165, 1.54) is 17.5 Å². The summed E-state index contributed by atoms with van der Waals surface area (Å²) in [7, 11) is 3.43. The van der Waals surface area contributed by atoms with Gasteiger partial charge in [0.1, 0.15) is 0 Å². The maximum absolute atomic E-state index is 5.58. The molecule has 1 aliphatic carbocycles. The van der Waals surface area contributed by atoms with Gasteiger partial charge in [-0.1, -0.05) is 19.9 Å². The van der Waals surface area contributed by atoms with Crippen molar-refractivity contribution >= 4 is 0 Å². The summed E-state index contributed by atoms with van der Waals surface area (Å²) in [5.74, 6) is 2.26. The third-order valence-electron chi connectivity index (χ3n) is 3.95. The first-order chi connectivity index (χ1) is 9.21. The molecule has 2 atom stereocenters. The summed E-state index contributed by atoms with van der Waals surface area (Å²) in [4.78, 5) is 0. The minimum atomic E-state index is 0.503. The van der Waals surface area contributed by atoms with Crippen molar-refractivity contribution in [3.8, 4) is 11.5 Å². The van der Waals surface area contributed by atoms with Gasteiger partial charge in [-0.2, -0.15) is 0 Å². The van der Waals surface area contributed by atoms with Gasteiger partial charge in [0.2, 0.25) is 0 Å². The van der Waals surface area contributed by atoms with Crippen molar-refractivity contribution in [2.45, 2.75) is 45.1 Å². The average molecular weight is 263 g/mol. The van der Waals surface area contributed by atoms with Crippen LogP contribution in [0.2, 0.25) is 0 Å².